The van der Waals surface area contributed by atoms with Gasteiger partial charge in [-0.05, 0) is 60.9 Å². The Balaban J connectivity index is 1.61. The molecule has 5 rings (SSSR count). The van der Waals surface area contributed by atoms with Crippen LogP contribution in [-0.2, 0) is 14.8 Å². The molecule has 0 saturated carbocycles. The minimum Gasteiger partial charge on any atom is -0.381 e. The number of carbonyl (C=O) groups excluding carboxylic acids is 1. The van der Waals surface area contributed by atoms with Gasteiger partial charge in [0.1, 0.15) is 27.9 Å². The molecule has 4 aromatic rings. The number of sulfonamides is 1. The second-order valence-corrected chi connectivity index (χ2v) is 10.5. The van der Waals surface area contributed by atoms with Crippen molar-refractivity contribution in [2.45, 2.75) is 23.8 Å². The smallest absolute Gasteiger partial charge is 0.267 e. The van der Waals surface area contributed by atoms with Crippen molar-refractivity contribution in [1.29, 1.82) is 0 Å². The van der Waals surface area contributed by atoms with Gasteiger partial charge in [-0.3, -0.25) is 19.2 Å². The lowest BCUT2D eigenvalue weighted by Gasteiger charge is -2.22. The van der Waals surface area contributed by atoms with Crippen LogP contribution in [0.4, 0.5) is 18.9 Å². The quantitative estimate of drug-likeness (QED) is 0.349. The third-order valence-corrected chi connectivity index (χ3v) is 7.68. The van der Waals surface area contributed by atoms with Gasteiger partial charge >= 0.3 is 0 Å². The average molecular weight is 558 g/mol. The lowest BCUT2D eigenvalue weighted by molar-refractivity contribution is 0.0663. The van der Waals surface area contributed by atoms with Crippen LogP contribution in [0.2, 0.25) is 0 Å². The van der Waals surface area contributed by atoms with Gasteiger partial charge < -0.3 is 10.5 Å². The number of ether oxygens (including phenoxy) is 1. The summed E-state index contributed by atoms with van der Waals surface area (Å²) >= 11 is 0. The summed E-state index contributed by atoms with van der Waals surface area (Å²) in [6.07, 6.45) is 4.44. The molecule has 202 valence electrons. The summed E-state index contributed by atoms with van der Waals surface area (Å²) in [6, 6.07) is 8.93. The largest absolute Gasteiger partial charge is 0.381 e. The maximum Gasteiger partial charge on any atom is 0.267 e. The molecular formula is C26H22F3N5O4S. The summed E-state index contributed by atoms with van der Waals surface area (Å²) in [5, 5.41) is 4.64. The first-order valence-electron chi connectivity index (χ1n) is 11.8. The lowest BCUT2D eigenvalue weighted by Crippen LogP contribution is -2.20. The number of benzene rings is 2. The van der Waals surface area contributed by atoms with Gasteiger partial charge in [-0.25, -0.2) is 21.6 Å². The molecular weight excluding hydrogens is 535 g/mol. The maximum absolute atomic E-state index is 15.9. The highest BCUT2D eigenvalue weighted by molar-refractivity contribution is 7.92. The Morgan fingerprint density at radius 2 is 1.82 bits per heavy atom. The second kappa shape index (κ2) is 10.5. The predicted molar refractivity (Wildman–Crippen MR) is 136 cm³/mol. The minimum absolute atomic E-state index is 0.00336. The van der Waals surface area contributed by atoms with E-state index in [9.17, 15) is 22.0 Å². The van der Waals surface area contributed by atoms with Gasteiger partial charge in [0.2, 0.25) is 0 Å². The number of nitrogens with zero attached hydrogens (tertiary/aromatic N) is 3. The van der Waals surface area contributed by atoms with E-state index >= 15 is 4.39 Å². The number of rotatable bonds is 7. The maximum atomic E-state index is 15.9. The lowest BCUT2D eigenvalue weighted by atomic mass is 10.0. The minimum atomic E-state index is -4.68. The molecule has 1 saturated heterocycles. The first-order chi connectivity index (χ1) is 18.6. The van der Waals surface area contributed by atoms with Gasteiger partial charge in [-0.1, -0.05) is 6.07 Å². The molecule has 13 heteroatoms. The van der Waals surface area contributed by atoms with Gasteiger partial charge in [0, 0.05) is 36.7 Å². The van der Waals surface area contributed by atoms with Crippen LogP contribution in [0.15, 0.2) is 65.8 Å². The third-order valence-electron chi connectivity index (χ3n) is 6.30. The molecule has 3 N–H and O–H groups in total. The average Bonchev–Trinajstić information content (AvgIpc) is 3.37. The number of amides is 1. The van der Waals surface area contributed by atoms with Crippen molar-refractivity contribution >= 4 is 21.6 Å². The highest BCUT2D eigenvalue weighted by atomic mass is 32.2. The van der Waals surface area contributed by atoms with Gasteiger partial charge in [0.05, 0.1) is 11.7 Å². The first kappa shape index (κ1) is 26.4. The van der Waals surface area contributed by atoms with Gasteiger partial charge in [0.15, 0.2) is 5.82 Å². The summed E-state index contributed by atoms with van der Waals surface area (Å²) in [7, 11) is -4.68. The number of hydrogen-bond donors (Lipinski definition) is 2. The zero-order valence-electron chi connectivity index (χ0n) is 20.3. The number of hydrogen-bond acceptors (Lipinski definition) is 6. The number of nitrogens with one attached hydrogen (secondary N) is 1. The van der Waals surface area contributed by atoms with Crippen LogP contribution < -0.4 is 10.5 Å². The molecule has 9 nitrogen and oxygen atoms in total. The van der Waals surface area contributed by atoms with Crippen LogP contribution in [0.25, 0.3) is 22.4 Å². The van der Waals surface area contributed by atoms with E-state index in [0.717, 1.165) is 12.1 Å². The molecule has 1 aliphatic heterocycles. The monoisotopic (exact) mass is 557 g/mol. The molecule has 0 unspecified atom stereocenters. The number of nitrogens with two attached hydrogens (primary N) is 1. The van der Waals surface area contributed by atoms with Crippen LogP contribution in [0, 0.1) is 17.5 Å². The Bertz CT molecular complexity index is 1670. The highest BCUT2D eigenvalue weighted by Crippen LogP contribution is 2.37. The topological polar surface area (TPSA) is 129 Å². The van der Waals surface area contributed by atoms with Crippen LogP contribution in [0.1, 0.15) is 29.4 Å². The fraction of sp³-hybridized carbons (Fsp3) is 0.192. The molecule has 0 bridgehead atoms. The second-order valence-electron chi connectivity index (χ2n) is 8.86. The number of carbonyl (C=O) groups is 1. The molecule has 2 aromatic heterocycles. The van der Waals surface area contributed by atoms with Crippen molar-refractivity contribution in [3.8, 4) is 22.4 Å². The molecule has 2 aromatic carbocycles. The normalized spacial score (nSPS) is 14.3. The van der Waals surface area contributed by atoms with E-state index < -0.39 is 44.0 Å². The Labute approximate surface area is 221 Å². The van der Waals surface area contributed by atoms with Crippen LogP contribution in [0.3, 0.4) is 0 Å². The van der Waals surface area contributed by atoms with Crippen LogP contribution in [0.5, 0.6) is 0 Å². The van der Waals surface area contributed by atoms with Crippen molar-refractivity contribution in [3.05, 3.63) is 84.1 Å². The number of primary amides is 1. The molecule has 0 aliphatic carbocycles. The highest BCUT2D eigenvalue weighted by Gasteiger charge is 2.26. The number of aromatic nitrogens is 3. The van der Waals surface area contributed by atoms with E-state index in [2.05, 4.69) is 10.1 Å². The Kier molecular flexibility index (Phi) is 7.10. The zero-order valence-corrected chi connectivity index (χ0v) is 21.1. The van der Waals surface area contributed by atoms with Gasteiger partial charge in [-0.2, -0.15) is 5.10 Å². The summed E-state index contributed by atoms with van der Waals surface area (Å²) in [5.74, 6) is -3.90. The molecule has 1 fully saturated rings. The van der Waals surface area contributed by atoms with E-state index in [1.807, 2.05) is 4.72 Å². The Morgan fingerprint density at radius 1 is 1.05 bits per heavy atom. The molecule has 39 heavy (non-hydrogen) atoms. The fourth-order valence-corrected chi connectivity index (χ4v) is 5.50. The molecule has 0 atom stereocenters. The molecule has 0 radical (unpaired) electrons. The van der Waals surface area contributed by atoms with Gasteiger partial charge in [0.25, 0.3) is 15.9 Å². The summed E-state index contributed by atoms with van der Waals surface area (Å²) < 4.78 is 78.4. The van der Waals surface area contributed by atoms with Crippen molar-refractivity contribution < 1.29 is 31.1 Å². The fourth-order valence-electron chi connectivity index (χ4n) is 4.35. The summed E-state index contributed by atoms with van der Waals surface area (Å²) in [5.41, 5.74) is 5.93. The summed E-state index contributed by atoms with van der Waals surface area (Å²) in [6.45, 7) is 1.05. The van der Waals surface area contributed by atoms with Crippen molar-refractivity contribution in [3.63, 3.8) is 0 Å². The van der Waals surface area contributed by atoms with E-state index in [4.69, 9.17) is 10.5 Å². The standard InChI is InChI=1S/C26H22F3N5O4S/c27-16-4-5-20(28)23(13-16)39(36,37)33-21-3-1-2-18(24(21)29)25-19(15-6-9-31-22(12-15)26(30)35)14-34(32-25)17-7-10-38-11-8-17/h1-6,9,12-14,17,33H,7-8,10-11H2,(H2,30,35). The van der Waals surface area contributed by atoms with Crippen LogP contribution >= 0.6 is 0 Å². The Hall–Kier alpha value is -4.23. The van der Waals surface area contributed by atoms with E-state index in [-0.39, 0.29) is 23.0 Å². The number of halogens is 3. The molecule has 0 spiro atoms. The number of pyridine rings is 1. The zero-order chi connectivity index (χ0) is 27.7. The molecule has 1 aliphatic rings. The van der Waals surface area contributed by atoms with E-state index in [0.29, 0.717) is 49.3 Å². The van der Waals surface area contributed by atoms with E-state index in [1.165, 1.54) is 24.4 Å². The van der Waals surface area contributed by atoms with E-state index in [1.54, 1.807) is 16.9 Å². The summed E-state index contributed by atoms with van der Waals surface area (Å²) in [4.78, 5) is 14.7. The predicted octanol–water partition coefficient (Wildman–Crippen LogP) is 4.28. The van der Waals surface area contributed by atoms with Gasteiger partial charge in [-0.15, -0.1) is 0 Å². The molecule has 1 amide bonds. The number of anilines is 1. The van der Waals surface area contributed by atoms with Crippen molar-refractivity contribution in [2.24, 2.45) is 5.73 Å². The molecule has 3 heterocycles. The Morgan fingerprint density at radius 3 is 2.56 bits per heavy atom. The SMILES string of the molecule is NC(=O)c1cc(-c2cn(C3CCOCC3)nc2-c2cccc(NS(=O)(=O)c3cc(F)ccc3F)c2F)ccn1. The van der Waals surface area contributed by atoms with Crippen LogP contribution in [-0.4, -0.2) is 42.3 Å². The van der Waals surface area contributed by atoms with Crippen molar-refractivity contribution in [2.75, 3.05) is 17.9 Å². The third kappa shape index (κ3) is 5.36. The first-order valence-corrected chi connectivity index (χ1v) is 13.3. The van der Waals surface area contributed by atoms with Crippen molar-refractivity contribution in [1.82, 2.24) is 14.8 Å².